The van der Waals surface area contributed by atoms with Gasteiger partial charge in [-0.25, -0.2) is 0 Å². The van der Waals surface area contributed by atoms with Crippen LogP contribution in [0.3, 0.4) is 0 Å². The van der Waals surface area contributed by atoms with Crippen LogP contribution in [-0.4, -0.2) is 6.04 Å². The van der Waals surface area contributed by atoms with Crippen molar-refractivity contribution >= 4 is 0 Å². The summed E-state index contributed by atoms with van der Waals surface area (Å²) in [7, 11) is 0. The molecule has 140 valence electrons. The van der Waals surface area contributed by atoms with E-state index in [1.807, 2.05) is 6.07 Å². The third-order valence-electron chi connectivity index (χ3n) is 4.80. The zero-order chi connectivity index (χ0) is 18.9. The highest BCUT2D eigenvalue weighted by atomic mass is 16.5. The fourth-order valence-electron chi connectivity index (χ4n) is 3.17. The zero-order valence-corrected chi connectivity index (χ0v) is 16.3. The Morgan fingerprint density at radius 2 is 1.59 bits per heavy atom. The standard InChI is InChI=1S/C25H29NO/c1-20-9-8-12-23(17-20)19-27-25-14-7-6-13-24(25)18-26-21(2)15-16-22-10-4-3-5-11-22/h3-14,17,21,26H,15-16,18-19H2,1-2H3/t21-/m1/s1. The molecule has 2 heteroatoms. The topological polar surface area (TPSA) is 21.3 Å². The molecule has 3 rings (SSSR count). The molecule has 3 aromatic rings. The summed E-state index contributed by atoms with van der Waals surface area (Å²) < 4.78 is 6.10. The van der Waals surface area contributed by atoms with Crippen molar-refractivity contribution in [3.63, 3.8) is 0 Å². The Morgan fingerprint density at radius 1 is 0.852 bits per heavy atom. The van der Waals surface area contributed by atoms with Crippen molar-refractivity contribution < 1.29 is 4.74 Å². The molecule has 3 aromatic carbocycles. The Labute approximate surface area is 163 Å². The number of aryl methyl sites for hydroxylation is 2. The van der Waals surface area contributed by atoms with Crippen LogP contribution in [0.25, 0.3) is 0 Å². The third kappa shape index (κ3) is 6.26. The predicted molar refractivity (Wildman–Crippen MR) is 113 cm³/mol. The van der Waals surface area contributed by atoms with Crippen LogP contribution >= 0.6 is 0 Å². The molecule has 1 N–H and O–H groups in total. The van der Waals surface area contributed by atoms with Gasteiger partial charge in [0.25, 0.3) is 0 Å². The first-order chi connectivity index (χ1) is 13.2. The predicted octanol–water partition coefficient (Wildman–Crippen LogP) is 5.68. The van der Waals surface area contributed by atoms with Gasteiger partial charge in [-0.1, -0.05) is 78.4 Å². The highest BCUT2D eigenvalue weighted by Crippen LogP contribution is 2.20. The average molecular weight is 360 g/mol. The number of ether oxygens (including phenoxy) is 1. The lowest BCUT2D eigenvalue weighted by atomic mass is 10.1. The van der Waals surface area contributed by atoms with E-state index in [1.165, 1.54) is 22.3 Å². The van der Waals surface area contributed by atoms with E-state index in [2.05, 4.69) is 92.0 Å². The van der Waals surface area contributed by atoms with Gasteiger partial charge in [0, 0.05) is 18.2 Å². The average Bonchev–Trinajstić information content (AvgIpc) is 2.70. The van der Waals surface area contributed by atoms with E-state index >= 15 is 0 Å². The van der Waals surface area contributed by atoms with Crippen LogP contribution in [0.15, 0.2) is 78.9 Å². The summed E-state index contributed by atoms with van der Waals surface area (Å²) in [5.41, 5.74) is 5.07. The normalized spacial score (nSPS) is 11.9. The number of hydrogen-bond donors (Lipinski definition) is 1. The summed E-state index contributed by atoms with van der Waals surface area (Å²) in [6.07, 6.45) is 2.22. The van der Waals surface area contributed by atoms with Crippen molar-refractivity contribution in [2.75, 3.05) is 0 Å². The molecule has 2 nitrogen and oxygen atoms in total. The Hall–Kier alpha value is -2.58. The van der Waals surface area contributed by atoms with Gasteiger partial charge in [-0.2, -0.15) is 0 Å². The molecule has 0 saturated carbocycles. The van der Waals surface area contributed by atoms with Crippen LogP contribution < -0.4 is 10.1 Å². The van der Waals surface area contributed by atoms with Gasteiger partial charge in [-0.05, 0) is 43.9 Å². The van der Waals surface area contributed by atoms with E-state index in [0.717, 1.165) is 25.1 Å². The van der Waals surface area contributed by atoms with E-state index in [9.17, 15) is 0 Å². The highest BCUT2D eigenvalue weighted by molar-refractivity contribution is 5.33. The first-order valence-electron chi connectivity index (χ1n) is 9.74. The second-order valence-corrected chi connectivity index (χ2v) is 7.19. The van der Waals surface area contributed by atoms with Crippen molar-refractivity contribution in [2.45, 2.75) is 45.9 Å². The van der Waals surface area contributed by atoms with E-state index in [1.54, 1.807) is 0 Å². The summed E-state index contributed by atoms with van der Waals surface area (Å²) in [6, 6.07) is 27.9. The molecule has 0 fully saturated rings. The molecule has 0 saturated heterocycles. The molecule has 0 bridgehead atoms. The molecule has 0 spiro atoms. The van der Waals surface area contributed by atoms with Gasteiger partial charge in [0.15, 0.2) is 0 Å². The van der Waals surface area contributed by atoms with Gasteiger partial charge < -0.3 is 10.1 Å². The first kappa shape index (κ1) is 19.2. The van der Waals surface area contributed by atoms with Crippen LogP contribution in [0.1, 0.15) is 35.6 Å². The zero-order valence-electron chi connectivity index (χ0n) is 16.3. The largest absolute Gasteiger partial charge is 0.489 e. The SMILES string of the molecule is Cc1cccc(COc2ccccc2CN[C@H](C)CCc2ccccc2)c1. The van der Waals surface area contributed by atoms with Crippen LogP contribution in [0.4, 0.5) is 0 Å². The summed E-state index contributed by atoms with van der Waals surface area (Å²) in [6.45, 7) is 5.78. The fourth-order valence-corrected chi connectivity index (χ4v) is 3.17. The molecule has 0 aliphatic rings. The second kappa shape index (κ2) is 9.94. The molecule has 0 radical (unpaired) electrons. The number of nitrogens with one attached hydrogen (secondary N) is 1. The number of benzene rings is 3. The van der Waals surface area contributed by atoms with Crippen molar-refractivity contribution in [1.29, 1.82) is 0 Å². The van der Waals surface area contributed by atoms with E-state index < -0.39 is 0 Å². The van der Waals surface area contributed by atoms with E-state index in [-0.39, 0.29) is 0 Å². The molecule has 0 amide bonds. The van der Waals surface area contributed by atoms with Crippen LogP contribution in [0.5, 0.6) is 5.75 Å². The van der Waals surface area contributed by atoms with Gasteiger partial charge in [0.1, 0.15) is 12.4 Å². The number of para-hydroxylation sites is 1. The minimum absolute atomic E-state index is 0.454. The first-order valence-corrected chi connectivity index (χ1v) is 9.74. The van der Waals surface area contributed by atoms with Gasteiger partial charge >= 0.3 is 0 Å². The Morgan fingerprint density at radius 3 is 2.41 bits per heavy atom. The Kier molecular flexibility index (Phi) is 7.06. The molecular weight excluding hydrogens is 330 g/mol. The summed E-state index contributed by atoms with van der Waals surface area (Å²) >= 11 is 0. The van der Waals surface area contributed by atoms with Gasteiger partial charge in [-0.15, -0.1) is 0 Å². The maximum absolute atomic E-state index is 6.10. The smallest absolute Gasteiger partial charge is 0.124 e. The molecule has 0 unspecified atom stereocenters. The van der Waals surface area contributed by atoms with E-state index in [0.29, 0.717) is 12.6 Å². The van der Waals surface area contributed by atoms with E-state index in [4.69, 9.17) is 4.74 Å². The summed E-state index contributed by atoms with van der Waals surface area (Å²) in [5, 5.41) is 3.64. The summed E-state index contributed by atoms with van der Waals surface area (Å²) in [4.78, 5) is 0. The Bertz CT molecular complexity index is 828. The van der Waals surface area contributed by atoms with Crippen molar-refractivity contribution in [3.8, 4) is 5.75 Å². The van der Waals surface area contributed by atoms with Crippen molar-refractivity contribution in [1.82, 2.24) is 5.32 Å². The molecule has 0 aliphatic carbocycles. The minimum atomic E-state index is 0.454. The van der Waals surface area contributed by atoms with Crippen LogP contribution in [-0.2, 0) is 19.6 Å². The lowest BCUT2D eigenvalue weighted by molar-refractivity contribution is 0.301. The molecule has 0 aromatic heterocycles. The Balaban J connectivity index is 1.51. The highest BCUT2D eigenvalue weighted by Gasteiger charge is 2.07. The van der Waals surface area contributed by atoms with Gasteiger partial charge in [0.05, 0.1) is 0 Å². The minimum Gasteiger partial charge on any atom is -0.489 e. The second-order valence-electron chi connectivity index (χ2n) is 7.19. The van der Waals surface area contributed by atoms with Crippen LogP contribution in [0.2, 0.25) is 0 Å². The lowest BCUT2D eigenvalue weighted by Crippen LogP contribution is -2.26. The molecule has 27 heavy (non-hydrogen) atoms. The third-order valence-corrected chi connectivity index (χ3v) is 4.80. The maximum atomic E-state index is 6.10. The van der Waals surface area contributed by atoms with Crippen LogP contribution in [0, 0.1) is 6.92 Å². The van der Waals surface area contributed by atoms with Crippen molar-refractivity contribution in [3.05, 3.63) is 101 Å². The number of hydrogen-bond acceptors (Lipinski definition) is 2. The quantitative estimate of drug-likeness (QED) is 0.530. The van der Waals surface area contributed by atoms with Gasteiger partial charge in [-0.3, -0.25) is 0 Å². The number of rotatable bonds is 9. The molecule has 0 heterocycles. The van der Waals surface area contributed by atoms with Gasteiger partial charge in [0.2, 0.25) is 0 Å². The maximum Gasteiger partial charge on any atom is 0.124 e. The molecular formula is C25H29NO. The molecule has 0 aliphatic heterocycles. The lowest BCUT2D eigenvalue weighted by Gasteiger charge is -2.16. The summed E-state index contributed by atoms with van der Waals surface area (Å²) in [5.74, 6) is 0.960. The molecule has 1 atom stereocenters. The monoisotopic (exact) mass is 359 g/mol. The fraction of sp³-hybridized carbons (Fsp3) is 0.280. The van der Waals surface area contributed by atoms with Crippen molar-refractivity contribution in [2.24, 2.45) is 0 Å².